The van der Waals surface area contributed by atoms with E-state index in [-0.39, 0.29) is 11.8 Å². The van der Waals surface area contributed by atoms with Gasteiger partial charge in [0.15, 0.2) is 0 Å². The monoisotopic (exact) mass is 386 g/mol. The zero-order chi connectivity index (χ0) is 20.6. The highest BCUT2D eigenvalue weighted by Gasteiger charge is 2.21. The normalized spacial score (nSPS) is 11.5. The van der Waals surface area contributed by atoms with Crippen LogP contribution >= 0.6 is 0 Å². The SMILES string of the molecule is Cc1ccc(CNC(=O)[C@H](Cc2ccccc2)NC(=O)c2ccc(C)cc2)cc1. The second kappa shape index (κ2) is 9.69. The molecule has 3 aromatic rings. The molecule has 148 valence electrons. The van der Waals surface area contributed by atoms with Crippen LogP contribution in [-0.4, -0.2) is 17.9 Å². The van der Waals surface area contributed by atoms with E-state index in [0.29, 0.717) is 18.5 Å². The van der Waals surface area contributed by atoms with Gasteiger partial charge in [0.2, 0.25) is 5.91 Å². The first-order valence-corrected chi connectivity index (χ1v) is 9.76. The average Bonchev–Trinajstić information content (AvgIpc) is 2.74. The molecule has 0 spiro atoms. The number of aryl methyl sites for hydroxylation is 2. The summed E-state index contributed by atoms with van der Waals surface area (Å²) >= 11 is 0. The van der Waals surface area contributed by atoms with Crippen LogP contribution in [0.1, 0.15) is 32.6 Å². The van der Waals surface area contributed by atoms with Crippen LogP contribution in [0.5, 0.6) is 0 Å². The molecular weight excluding hydrogens is 360 g/mol. The molecule has 2 amide bonds. The van der Waals surface area contributed by atoms with E-state index in [4.69, 9.17) is 0 Å². The summed E-state index contributed by atoms with van der Waals surface area (Å²) in [5.41, 5.74) is 4.81. The number of benzene rings is 3. The van der Waals surface area contributed by atoms with Gasteiger partial charge in [0, 0.05) is 18.5 Å². The zero-order valence-electron chi connectivity index (χ0n) is 16.8. The zero-order valence-corrected chi connectivity index (χ0v) is 16.8. The topological polar surface area (TPSA) is 58.2 Å². The Kier molecular flexibility index (Phi) is 6.80. The molecular formula is C25H26N2O2. The number of carbonyl (C=O) groups is 2. The summed E-state index contributed by atoms with van der Waals surface area (Å²) in [6.07, 6.45) is 0.429. The second-order valence-corrected chi connectivity index (χ2v) is 7.29. The fraction of sp³-hybridized carbons (Fsp3) is 0.200. The molecule has 0 heterocycles. The lowest BCUT2D eigenvalue weighted by atomic mass is 10.0. The van der Waals surface area contributed by atoms with E-state index >= 15 is 0 Å². The molecule has 0 saturated carbocycles. The highest BCUT2D eigenvalue weighted by atomic mass is 16.2. The summed E-state index contributed by atoms with van der Waals surface area (Å²) in [5, 5.41) is 5.85. The van der Waals surface area contributed by atoms with Crippen molar-refractivity contribution < 1.29 is 9.59 Å². The van der Waals surface area contributed by atoms with Gasteiger partial charge in [-0.3, -0.25) is 9.59 Å². The summed E-state index contributed by atoms with van der Waals surface area (Å²) in [6.45, 7) is 4.42. The largest absolute Gasteiger partial charge is 0.350 e. The molecule has 4 heteroatoms. The summed E-state index contributed by atoms with van der Waals surface area (Å²) in [6, 6.07) is 24.4. The van der Waals surface area contributed by atoms with Crippen LogP contribution in [0, 0.1) is 13.8 Å². The lowest BCUT2D eigenvalue weighted by Gasteiger charge is -2.19. The predicted octanol–water partition coefficient (Wildman–Crippen LogP) is 3.96. The lowest BCUT2D eigenvalue weighted by Crippen LogP contribution is -2.47. The third-order valence-corrected chi connectivity index (χ3v) is 4.81. The van der Waals surface area contributed by atoms with E-state index < -0.39 is 6.04 Å². The van der Waals surface area contributed by atoms with Crippen molar-refractivity contribution in [3.63, 3.8) is 0 Å². The van der Waals surface area contributed by atoms with Crippen molar-refractivity contribution >= 4 is 11.8 Å². The number of amides is 2. The Labute approximate surface area is 172 Å². The molecule has 0 radical (unpaired) electrons. The van der Waals surface area contributed by atoms with Gasteiger partial charge in [0.1, 0.15) is 6.04 Å². The summed E-state index contributed by atoms with van der Waals surface area (Å²) in [7, 11) is 0. The van der Waals surface area contributed by atoms with Gasteiger partial charge in [0.05, 0.1) is 0 Å². The summed E-state index contributed by atoms with van der Waals surface area (Å²) in [4.78, 5) is 25.6. The molecule has 0 unspecified atom stereocenters. The molecule has 0 bridgehead atoms. The maximum absolute atomic E-state index is 12.9. The minimum Gasteiger partial charge on any atom is -0.350 e. The summed E-state index contributed by atoms with van der Waals surface area (Å²) in [5.74, 6) is -0.452. The Balaban J connectivity index is 1.70. The van der Waals surface area contributed by atoms with Gasteiger partial charge >= 0.3 is 0 Å². The van der Waals surface area contributed by atoms with Gasteiger partial charge in [-0.05, 0) is 37.1 Å². The van der Waals surface area contributed by atoms with Crippen molar-refractivity contribution in [2.45, 2.75) is 32.9 Å². The minimum absolute atomic E-state index is 0.199. The van der Waals surface area contributed by atoms with Crippen LogP contribution in [0.3, 0.4) is 0 Å². The molecule has 0 aliphatic heterocycles. The van der Waals surface area contributed by atoms with Gasteiger partial charge in [-0.15, -0.1) is 0 Å². The van der Waals surface area contributed by atoms with Gasteiger partial charge in [0.25, 0.3) is 5.91 Å². The maximum atomic E-state index is 12.9. The average molecular weight is 386 g/mol. The molecule has 0 aromatic heterocycles. The van der Waals surface area contributed by atoms with Crippen molar-refractivity contribution in [2.75, 3.05) is 0 Å². The molecule has 1 atom stereocenters. The van der Waals surface area contributed by atoms with Crippen LogP contribution in [0.2, 0.25) is 0 Å². The van der Waals surface area contributed by atoms with E-state index in [1.54, 1.807) is 12.1 Å². The predicted molar refractivity (Wildman–Crippen MR) is 116 cm³/mol. The third kappa shape index (κ3) is 6.04. The minimum atomic E-state index is -0.656. The van der Waals surface area contributed by atoms with Crippen molar-refractivity contribution in [1.29, 1.82) is 0 Å². The first-order valence-electron chi connectivity index (χ1n) is 9.76. The van der Waals surface area contributed by atoms with Crippen molar-refractivity contribution in [2.24, 2.45) is 0 Å². The van der Waals surface area contributed by atoms with E-state index in [1.807, 2.05) is 80.6 Å². The Hall–Kier alpha value is -3.40. The summed E-state index contributed by atoms with van der Waals surface area (Å²) < 4.78 is 0. The fourth-order valence-corrected chi connectivity index (χ4v) is 3.02. The van der Waals surface area contributed by atoms with Crippen LogP contribution in [0.15, 0.2) is 78.9 Å². The molecule has 0 fully saturated rings. The van der Waals surface area contributed by atoms with Crippen LogP contribution in [-0.2, 0) is 17.8 Å². The Morgan fingerprint density at radius 1 is 0.759 bits per heavy atom. The molecule has 3 rings (SSSR count). The second-order valence-electron chi connectivity index (χ2n) is 7.29. The van der Waals surface area contributed by atoms with Gasteiger partial charge in [-0.25, -0.2) is 0 Å². The van der Waals surface area contributed by atoms with Crippen molar-refractivity contribution in [1.82, 2.24) is 10.6 Å². The van der Waals surface area contributed by atoms with E-state index in [1.165, 1.54) is 5.56 Å². The van der Waals surface area contributed by atoms with Crippen molar-refractivity contribution in [3.8, 4) is 0 Å². The fourth-order valence-electron chi connectivity index (χ4n) is 3.02. The third-order valence-electron chi connectivity index (χ3n) is 4.81. The lowest BCUT2D eigenvalue weighted by molar-refractivity contribution is -0.123. The molecule has 0 saturated heterocycles. The smallest absolute Gasteiger partial charge is 0.251 e. The van der Waals surface area contributed by atoms with Crippen molar-refractivity contribution in [3.05, 3.63) is 107 Å². The van der Waals surface area contributed by atoms with E-state index in [9.17, 15) is 9.59 Å². The molecule has 3 aromatic carbocycles. The Morgan fingerprint density at radius 2 is 1.34 bits per heavy atom. The Morgan fingerprint density at radius 3 is 1.97 bits per heavy atom. The first-order chi connectivity index (χ1) is 14.0. The quantitative estimate of drug-likeness (QED) is 0.646. The maximum Gasteiger partial charge on any atom is 0.251 e. The van der Waals surface area contributed by atoms with Crippen LogP contribution in [0.25, 0.3) is 0 Å². The number of carbonyl (C=O) groups excluding carboxylic acids is 2. The number of hydrogen-bond acceptors (Lipinski definition) is 2. The number of nitrogens with one attached hydrogen (secondary N) is 2. The highest BCUT2D eigenvalue weighted by molar-refractivity contribution is 5.97. The van der Waals surface area contributed by atoms with Gasteiger partial charge in [-0.2, -0.15) is 0 Å². The van der Waals surface area contributed by atoms with Crippen LogP contribution < -0.4 is 10.6 Å². The van der Waals surface area contributed by atoms with E-state index in [2.05, 4.69) is 10.6 Å². The first kappa shape index (κ1) is 20.3. The van der Waals surface area contributed by atoms with Crippen LogP contribution in [0.4, 0.5) is 0 Å². The molecule has 0 aliphatic carbocycles. The number of rotatable bonds is 7. The highest BCUT2D eigenvalue weighted by Crippen LogP contribution is 2.08. The Bertz CT molecular complexity index is 948. The van der Waals surface area contributed by atoms with Gasteiger partial charge in [-0.1, -0.05) is 77.9 Å². The number of hydrogen-bond donors (Lipinski definition) is 2. The standard InChI is InChI=1S/C25H26N2O2/c1-18-8-12-21(13-9-18)17-26-25(29)23(16-20-6-4-3-5-7-20)27-24(28)22-14-10-19(2)11-15-22/h3-15,23H,16-17H2,1-2H3,(H,26,29)(H,27,28)/t23-/m0/s1. The molecule has 2 N–H and O–H groups in total. The van der Waals surface area contributed by atoms with E-state index in [0.717, 1.165) is 16.7 Å². The molecule has 29 heavy (non-hydrogen) atoms. The molecule has 0 aliphatic rings. The van der Waals surface area contributed by atoms with Gasteiger partial charge < -0.3 is 10.6 Å². The molecule has 4 nitrogen and oxygen atoms in total.